The van der Waals surface area contributed by atoms with Crippen LogP contribution >= 0.6 is 11.6 Å². The van der Waals surface area contributed by atoms with E-state index in [2.05, 4.69) is 10.3 Å². The summed E-state index contributed by atoms with van der Waals surface area (Å²) < 4.78 is 0. The summed E-state index contributed by atoms with van der Waals surface area (Å²) in [6.07, 6.45) is 0. The molecule has 1 heterocycles. The summed E-state index contributed by atoms with van der Waals surface area (Å²) in [4.78, 5) is 27.3. The van der Waals surface area contributed by atoms with Crippen molar-refractivity contribution in [2.24, 2.45) is 5.92 Å². The maximum absolute atomic E-state index is 11.4. The van der Waals surface area contributed by atoms with Gasteiger partial charge in [0.1, 0.15) is 5.15 Å². The Kier molecular flexibility index (Phi) is 5.05. The number of rotatable bonds is 5. The van der Waals surface area contributed by atoms with Crippen LogP contribution in [0.5, 0.6) is 0 Å². The molecule has 0 aliphatic rings. The fourth-order valence-electron chi connectivity index (χ4n) is 1.67. The summed E-state index contributed by atoms with van der Waals surface area (Å²) in [7, 11) is 3.17. The lowest BCUT2D eigenvalue weighted by atomic mass is 10.1. The highest BCUT2D eigenvalue weighted by molar-refractivity contribution is 6.29. The highest BCUT2D eigenvalue weighted by atomic mass is 35.5. The predicted octanol–water partition coefficient (Wildman–Crippen LogP) is 1.46. The fourth-order valence-corrected chi connectivity index (χ4v) is 1.81. The Hall–Kier alpha value is -1.89. The molecule has 1 aromatic rings. The molecule has 1 N–H and O–H groups in total. The molecule has 1 aromatic heterocycles. The number of nitrogens with zero attached hydrogens (tertiary/aromatic N) is 3. The van der Waals surface area contributed by atoms with Crippen LogP contribution in [0.25, 0.3) is 0 Å². The van der Waals surface area contributed by atoms with E-state index in [-0.39, 0.29) is 28.5 Å². The van der Waals surface area contributed by atoms with Gasteiger partial charge in [0.05, 0.1) is 10.8 Å². The third-order valence-electron chi connectivity index (χ3n) is 2.62. The van der Waals surface area contributed by atoms with Crippen molar-refractivity contribution in [3.05, 3.63) is 27.4 Å². The number of anilines is 1. The van der Waals surface area contributed by atoms with Gasteiger partial charge in [-0.3, -0.25) is 14.9 Å². The van der Waals surface area contributed by atoms with Crippen LogP contribution in [-0.4, -0.2) is 36.5 Å². The summed E-state index contributed by atoms with van der Waals surface area (Å²) in [6.45, 7) is 2.03. The standard InChI is InChI=1S/C11H15ClN4O3/c1-7(11(17)13-2)6-15(3)10-8(16(18)19)4-5-9(12)14-10/h4-5,7H,6H2,1-3H3,(H,13,17). The first-order valence-corrected chi connectivity index (χ1v) is 5.98. The Bertz CT molecular complexity index is 495. The number of pyridine rings is 1. The van der Waals surface area contributed by atoms with Crippen LogP contribution in [0.1, 0.15) is 6.92 Å². The number of halogens is 1. The van der Waals surface area contributed by atoms with Crippen LogP contribution in [0.4, 0.5) is 11.5 Å². The van der Waals surface area contributed by atoms with Gasteiger partial charge in [-0.25, -0.2) is 4.98 Å². The quantitative estimate of drug-likeness (QED) is 0.503. The molecule has 0 fully saturated rings. The number of hydrogen-bond acceptors (Lipinski definition) is 5. The molecule has 7 nitrogen and oxygen atoms in total. The molecule has 1 atom stereocenters. The molecule has 8 heteroatoms. The number of nitro groups is 1. The van der Waals surface area contributed by atoms with Crippen molar-refractivity contribution in [3.8, 4) is 0 Å². The predicted molar refractivity (Wildman–Crippen MR) is 72.4 cm³/mol. The topological polar surface area (TPSA) is 88.4 Å². The van der Waals surface area contributed by atoms with Crippen LogP contribution in [-0.2, 0) is 4.79 Å². The van der Waals surface area contributed by atoms with Crippen molar-refractivity contribution in [1.29, 1.82) is 0 Å². The van der Waals surface area contributed by atoms with Gasteiger partial charge in [-0.15, -0.1) is 0 Å². The van der Waals surface area contributed by atoms with Crippen LogP contribution in [0, 0.1) is 16.0 Å². The van der Waals surface area contributed by atoms with E-state index < -0.39 is 4.92 Å². The third kappa shape index (κ3) is 3.78. The van der Waals surface area contributed by atoms with E-state index in [0.29, 0.717) is 6.54 Å². The molecular weight excluding hydrogens is 272 g/mol. The first kappa shape index (κ1) is 15.2. The molecule has 104 valence electrons. The van der Waals surface area contributed by atoms with Gasteiger partial charge in [-0.05, 0) is 6.07 Å². The van der Waals surface area contributed by atoms with E-state index in [0.717, 1.165) is 0 Å². The average Bonchev–Trinajstić information content (AvgIpc) is 2.36. The second-order valence-electron chi connectivity index (χ2n) is 4.13. The molecule has 1 amide bonds. The molecule has 0 saturated carbocycles. The Balaban J connectivity index is 2.98. The van der Waals surface area contributed by atoms with E-state index in [1.165, 1.54) is 12.1 Å². The highest BCUT2D eigenvalue weighted by Gasteiger charge is 2.22. The van der Waals surface area contributed by atoms with Crippen LogP contribution < -0.4 is 10.2 Å². The summed E-state index contributed by atoms with van der Waals surface area (Å²) in [5.74, 6) is -0.319. The zero-order chi connectivity index (χ0) is 14.6. The number of nitrogens with one attached hydrogen (secondary N) is 1. The lowest BCUT2D eigenvalue weighted by molar-refractivity contribution is -0.384. The normalized spacial score (nSPS) is 11.8. The van der Waals surface area contributed by atoms with Gasteiger partial charge < -0.3 is 10.2 Å². The molecule has 0 aliphatic heterocycles. The number of carbonyl (C=O) groups excluding carboxylic acids is 1. The Morgan fingerprint density at radius 3 is 2.79 bits per heavy atom. The minimum Gasteiger partial charge on any atom is -0.359 e. The Morgan fingerprint density at radius 2 is 2.26 bits per heavy atom. The van der Waals surface area contributed by atoms with E-state index in [9.17, 15) is 14.9 Å². The average molecular weight is 287 g/mol. The SMILES string of the molecule is CNC(=O)C(C)CN(C)c1nc(Cl)ccc1[N+](=O)[O-]. The van der Waals surface area contributed by atoms with Gasteiger partial charge in [0.2, 0.25) is 11.7 Å². The van der Waals surface area contributed by atoms with Gasteiger partial charge in [-0.2, -0.15) is 0 Å². The molecule has 0 spiro atoms. The number of aromatic nitrogens is 1. The van der Waals surface area contributed by atoms with E-state index in [1.807, 2.05) is 0 Å². The second kappa shape index (κ2) is 6.33. The Labute approximate surface area is 115 Å². The lowest BCUT2D eigenvalue weighted by Gasteiger charge is -2.21. The smallest absolute Gasteiger partial charge is 0.311 e. The zero-order valence-electron chi connectivity index (χ0n) is 10.9. The highest BCUT2D eigenvalue weighted by Crippen LogP contribution is 2.27. The van der Waals surface area contributed by atoms with Crippen molar-refractivity contribution in [1.82, 2.24) is 10.3 Å². The van der Waals surface area contributed by atoms with E-state index >= 15 is 0 Å². The molecule has 0 aliphatic carbocycles. The van der Waals surface area contributed by atoms with Crippen LogP contribution in [0.3, 0.4) is 0 Å². The van der Waals surface area contributed by atoms with Crippen molar-refractivity contribution in [2.45, 2.75) is 6.92 Å². The summed E-state index contributed by atoms with van der Waals surface area (Å²) in [6, 6.07) is 2.66. The fraction of sp³-hybridized carbons (Fsp3) is 0.455. The van der Waals surface area contributed by atoms with Gasteiger partial charge in [0, 0.05) is 26.7 Å². The minimum absolute atomic E-state index is 0.142. The molecule has 1 rings (SSSR count). The number of carbonyl (C=O) groups is 1. The lowest BCUT2D eigenvalue weighted by Crippen LogP contribution is -2.34. The van der Waals surface area contributed by atoms with Crippen LogP contribution in [0.2, 0.25) is 5.15 Å². The van der Waals surface area contributed by atoms with E-state index in [4.69, 9.17) is 11.6 Å². The van der Waals surface area contributed by atoms with Crippen molar-refractivity contribution in [2.75, 3.05) is 25.5 Å². The summed E-state index contributed by atoms with van der Waals surface area (Å²) in [5, 5.41) is 13.6. The van der Waals surface area contributed by atoms with Crippen molar-refractivity contribution < 1.29 is 9.72 Å². The first-order chi connectivity index (χ1) is 8.86. The number of amides is 1. The van der Waals surface area contributed by atoms with E-state index in [1.54, 1.807) is 25.9 Å². The molecular formula is C11H15ClN4O3. The summed E-state index contributed by atoms with van der Waals surface area (Å²) >= 11 is 5.75. The van der Waals surface area contributed by atoms with Gasteiger partial charge in [0.15, 0.2) is 0 Å². The molecule has 19 heavy (non-hydrogen) atoms. The van der Waals surface area contributed by atoms with Gasteiger partial charge in [-0.1, -0.05) is 18.5 Å². The molecule has 1 unspecified atom stereocenters. The zero-order valence-corrected chi connectivity index (χ0v) is 11.6. The molecule has 0 radical (unpaired) electrons. The minimum atomic E-state index is -0.528. The second-order valence-corrected chi connectivity index (χ2v) is 4.52. The van der Waals surface area contributed by atoms with Crippen LogP contribution in [0.15, 0.2) is 12.1 Å². The van der Waals surface area contributed by atoms with Crippen molar-refractivity contribution >= 4 is 29.0 Å². The molecule has 0 aromatic carbocycles. The van der Waals surface area contributed by atoms with Gasteiger partial charge >= 0.3 is 5.69 Å². The first-order valence-electron chi connectivity index (χ1n) is 5.60. The Morgan fingerprint density at radius 1 is 1.63 bits per heavy atom. The molecule has 0 saturated heterocycles. The summed E-state index contributed by atoms with van der Waals surface area (Å²) in [5.41, 5.74) is -0.143. The van der Waals surface area contributed by atoms with Crippen molar-refractivity contribution in [3.63, 3.8) is 0 Å². The largest absolute Gasteiger partial charge is 0.359 e. The third-order valence-corrected chi connectivity index (χ3v) is 2.83. The molecule has 0 bridgehead atoms. The maximum Gasteiger partial charge on any atom is 0.311 e. The maximum atomic E-state index is 11.4. The number of hydrogen-bond donors (Lipinski definition) is 1. The monoisotopic (exact) mass is 286 g/mol. The van der Waals surface area contributed by atoms with Gasteiger partial charge in [0.25, 0.3) is 0 Å².